The highest BCUT2D eigenvalue weighted by Gasteiger charge is 2.16. The van der Waals surface area contributed by atoms with Gasteiger partial charge >= 0.3 is 0 Å². The van der Waals surface area contributed by atoms with Crippen LogP contribution in [0.3, 0.4) is 0 Å². The van der Waals surface area contributed by atoms with Gasteiger partial charge in [-0.1, -0.05) is 29.8 Å². The highest BCUT2D eigenvalue weighted by molar-refractivity contribution is 7.80. The van der Waals surface area contributed by atoms with Gasteiger partial charge in [0.15, 0.2) is 5.11 Å². The molecule has 11 heteroatoms. The van der Waals surface area contributed by atoms with Crippen LogP contribution in [0.1, 0.15) is 11.3 Å². The fourth-order valence-electron chi connectivity index (χ4n) is 2.90. The molecule has 2 N–H and O–H groups in total. The Balaban J connectivity index is 1.67. The fourth-order valence-corrected chi connectivity index (χ4v) is 3.22. The summed E-state index contributed by atoms with van der Waals surface area (Å²) in [5.41, 5.74) is 4.79. The number of nitrogens with one attached hydrogen (secondary N) is 2. The van der Waals surface area contributed by atoms with Gasteiger partial charge in [0.1, 0.15) is 5.69 Å². The van der Waals surface area contributed by atoms with Crippen molar-refractivity contribution in [1.29, 1.82) is 0 Å². The van der Waals surface area contributed by atoms with Gasteiger partial charge in [-0.05, 0) is 55.0 Å². The van der Waals surface area contributed by atoms with Crippen molar-refractivity contribution in [2.45, 2.75) is 6.92 Å². The van der Waals surface area contributed by atoms with Crippen LogP contribution in [-0.4, -0.2) is 25.6 Å². The molecule has 0 radical (unpaired) electrons. The predicted molar refractivity (Wildman–Crippen MR) is 131 cm³/mol. The quantitative estimate of drug-likeness (QED) is 0.244. The lowest BCUT2D eigenvalue weighted by atomic mass is 10.2. The molecule has 0 unspecified atom stereocenters. The van der Waals surface area contributed by atoms with Crippen LogP contribution in [0.15, 0.2) is 69.5 Å². The van der Waals surface area contributed by atoms with Gasteiger partial charge in [-0.3, -0.25) is 25.0 Å². The van der Waals surface area contributed by atoms with Gasteiger partial charge in [-0.25, -0.2) is 4.68 Å². The number of hydrogen-bond donors (Lipinski definition) is 2. The number of anilines is 1. The highest BCUT2D eigenvalue weighted by Crippen LogP contribution is 2.15. The molecule has 3 rings (SSSR count). The number of rotatable bonds is 6. The van der Waals surface area contributed by atoms with E-state index in [0.29, 0.717) is 16.9 Å². The summed E-state index contributed by atoms with van der Waals surface area (Å²) >= 11 is 11.3. The first-order valence-electron chi connectivity index (χ1n) is 9.33. The number of benzene rings is 2. The van der Waals surface area contributed by atoms with E-state index in [2.05, 4.69) is 15.8 Å². The lowest BCUT2D eigenvalue weighted by Crippen LogP contribution is -2.28. The van der Waals surface area contributed by atoms with Crippen LogP contribution in [0.2, 0.25) is 0 Å². The first kappa shape index (κ1) is 22.9. The molecule has 1 heterocycles. The predicted octanol–water partition coefficient (Wildman–Crippen LogP) is 3.94. The standard InChI is InChI=1S/C21H19ClN6O3S/c1-14-19(20(29)27(26(14)2)17-6-4-3-5-7-17)24-21(32)25-23-13-16(22)12-15-8-10-18(11-9-15)28(30)31/h3-13H,1-2H3,(H2,24,25,32). The molecule has 0 spiro atoms. The zero-order valence-electron chi connectivity index (χ0n) is 17.2. The molecule has 164 valence electrons. The molecule has 1 aromatic heterocycles. The zero-order chi connectivity index (χ0) is 23.3. The molecule has 0 aliphatic heterocycles. The van der Waals surface area contributed by atoms with Crippen molar-refractivity contribution < 1.29 is 4.92 Å². The number of nitro benzene ring substituents is 1. The number of nitrogens with zero attached hydrogens (tertiary/aromatic N) is 4. The molecule has 0 amide bonds. The molecule has 9 nitrogen and oxygen atoms in total. The summed E-state index contributed by atoms with van der Waals surface area (Å²) < 4.78 is 3.27. The van der Waals surface area contributed by atoms with Crippen LogP contribution in [-0.2, 0) is 7.05 Å². The number of nitro groups is 1. The number of non-ortho nitro benzene ring substituents is 1. The summed E-state index contributed by atoms with van der Waals surface area (Å²) in [6, 6.07) is 15.2. The summed E-state index contributed by atoms with van der Waals surface area (Å²) in [4.78, 5) is 23.1. The van der Waals surface area contributed by atoms with Crippen molar-refractivity contribution in [3.05, 3.63) is 91.4 Å². The molecule has 0 atom stereocenters. The monoisotopic (exact) mass is 470 g/mol. The Morgan fingerprint density at radius 1 is 1.19 bits per heavy atom. The number of hydrogen-bond acceptors (Lipinski definition) is 5. The van der Waals surface area contributed by atoms with Crippen LogP contribution in [0.4, 0.5) is 11.4 Å². The summed E-state index contributed by atoms with van der Waals surface area (Å²) in [5, 5.41) is 17.9. The molecular weight excluding hydrogens is 452 g/mol. The minimum atomic E-state index is -0.475. The van der Waals surface area contributed by atoms with Crippen molar-refractivity contribution in [1.82, 2.24) is 14.8 Å². The number of aromatic nitrogens is 2. The molecule has 0 saturated carbocycles. The number of hydrazone groups is 1. The average molecular weight is 471 g/mol. The van der Waals surface area contributed by atoms with E-state index < -0.39 is 4.92 Å². The van der Waals surface area contributed by atoms with E-state index in [4.69, 9.17) is 23.8 Å². The van der Waals surface area contributed by atoms with Crippen molar-refractivity contribution >= 4 is 52.6 Å². The van der Waals surface area contributed by atoms with Gasteiger partial charge < -0.3 is 5.32 Å². The van der Waals surface area contributed by atoms with Gasteiger partial charge in [0.25, 0.3) is 11.2 Å². The third-order valence-corrected chi connectivity index (χ3v) is 4.96. The van der Waals surface area contributed by atoms with Crippen molar-refractivity contribution in [3.63, 3.8) is 0 Å². The third-order valence-electron chi connectivity index (χ3n) is 4.56. The first-order valence-corrected chi connectivity index (χ1v) is 10.1. The van der Waals surface area contributed by atoms with Gasteiger partial charge in [-0.2, -0.15) is 5.10 Å². The van der Waals surface area contributed by atoms with Crippen molar-refractivity contribution in [2.24, 2.45) is 12.1 Å². The molecule has 0 bridgehead atoms. The second-order valence-electron chi connectivity index (χ2n) is 6.64. The van der Waals surface area contributed by atoms with Crippen molar-refractivity contribution in [3.8, 4) is 5.69 Å². The van der Waals surface area contributed by atoms with Gasteiger partial charge in [0, 0.05) is 19.2 Å². The average Bonchev–Trinajstić information content (AvgIpc) is 2.98. The summed E-state index contributed by atoms with van der Waals surface area (Å²) in [5.74, 6) is 0. The van der Waals surface area contributed by atoms with Gasteiger partial charge in [0.2, 0.25) is 0 Å². The Bertz CT molecular complexity index is 1260. The van der Waals surface area contributed by atoms with Crippen LogP contribution >= 0.6 is 23.8 Å². The fraction of sp³-hybridized carbons (Fsp3) is 0.0952. The molecule has 0 saturated heterocycles. The first-order chi connectivity index (χ1) is 15.3. The number of para-hydroxylation sites is 1. The normalized spacial score (nSPS) is 11.5. The minimum Gasteiger partial charge on any atom is -0.325 e. The second-order valence-corrected chi connectivity index (χ2v) is 7.48. The molecule has 2 aromatic carbocycles. The maximum atomic E-state index is 12.9. The maximum absolute atomic E-state index is 12.9. The molecule has 32 heavy (non-hydrogen) atoms. The van der Waals surface area contributed by atoms with Crippen LogP contribution in [0, 0.1) is 17.0 Å². The Hall–Kier alpha value is -3.76. The zero-order valence-corrected chi connectivity index (χ0v) is 18.7. The Morgan fingerprint density at radius 2 is 1.84 bits per heavy atom. The number of thiocarbonyl (C=S) groups is 1. The lowest BCUT2D eigenvalue weighted by molar-refractivity contribution is -0.384. The van der Waals surface area contributed by atoms with E-state index in [9.17, 15) is 14.9 Å². The van der Waals surface area contributed by atoms with E-state index >= 15 is 0 Å². The van der Waals surface area contributed by atoms with Gasteiger partial charge in [-0.15, -0.1) is 0 Å². The summed E-state index contributed by atoms with van der Waals surface area (Å²) in [7, 11) is 1.78. The van der Waals surface area contributed by atoms with E-state index in [1.165, 1.54) is 23.0 Å². The summed E-state index contributed by atoms with van der Waals surface area (Å²) in [6.45, 7) is 1.80. The molecule has 0 fully saturated rings. The van der Waals surface area contributed by atoms with Gasteiger partial charge in [0.05, 0.1) is 27.6 Å². The van der Waals surface area contributed by atoms with E-state index in [1.54, 1.807) is 36.9 Å². The Morgan fingerprint density at radius 3 is 2.47 bits per heavy atom. The van der Waals surface area contributed by atoms with Crippen molar-refractivity contribution in [2.75, 3.05) is 5.32 Å². The highest BCUT2D eigenvalue weighted by atomic mass is 35.5. The molecule has 0 aliphatic carbocycles. The second kappa shape index (κ2) is 10.0. The molecular formula is C21H19ClN6O3S. The molecule has 0 aliphatic rings. The van der Waals surface area contributed by atoms with E-state index in [0.717, 1.165) is 5.69 Å². The third kappa shape index (κ3) is 5.29. The smallest absolute Gasteiger partial charge is 0.295 e. The Labute approximate surface area is 193 Å². The summed E-state index contributed by atoms with van der Waals surface area (Å²) in [6.07, 6.45) is 2.92. The van der Waals surface area contributed by atoms with E-state index in [1.807, 2.05) is 30.3 Å². The molecule has 3 aromatic rings. The number of halogens is 1. The lowest BCUT2D eigenvalue weighted by Gasteiger charge is -2.07. The maximum Gasteiger partial charge on any atom is 0.295 e. The SMILES string of the molecule is Cc1c(NC(=S)NN=CC(Cl)=Cc2ccc([N+](=O)[O-])cc2)c(=O)n(-c2ccccc2)n1C. The van der Waals surface area contributed by atoms with Crippen LogP contribution < -0.4 is 16.3 Å². The Kier molecular flexibility index (Phi) is 7.18. The largest absolute Gasteiger partial charge is 0.325 e. The number of allylic oxidation sites excluding steroid dienone is 1. The van der Waals surface area contributed by atoms with Crippen LogP contribution in [0.5, 0.6) is 0 Å². The van der Waals surface area contributed by atoms with Crippen LogP contribution in [0.25, 0.3) is 11.8 Å². The minimum absolute atomic E-state index is 0.00689. The van der Waals surface area contributed by atoms with E-state index in [-0.39, 0.29) is 21.4 Å². The topological polar surface area (TPSA) is 106 Å².